The molecule has 0 bridgehead atoms. The zero-order valence-corrected chi connectivity index (χ0v) is 16.4. The van der Waals surface area contributed by atoms with Crippen LogP contribution in [0.2, 0.25) is 0 Å². The average molecular weight is 390 g/mol. The largest absolute Gasteiger partial charge is 0.344 e. The Morgan fingerprint density at radius 3 is 2.72 bits per heavy atom. The van der Waals surface area contributed by atoms with Crippen LogP contribution in [0, 0.1) is 6.92 Å². The molecule has 8 heteroatoms. The molecule has 3 aromatic heterocycles. The Hall–Kier alpha value is -3.55. The topological polar surface area (TPSA) is 84.2 Å². The number of amides is 2. The van der Waals surface area contributed by atoms with E-state index in [0.717, 1.165) is 17.7 Å². The van der Waals surface area contributed by atoms with E-state index >= 15 is 0 Å². The molecule has 1 aliphatic heterocycles. The zero-order valence-electron chi connectivity index (χ0n) is 16.4. The predicted molar refractivity (Wildman–Crippen MR) is 107 cm³/mol. The molecule has 0 aromatic carbocycles. The van der Waals surface area contributed by atoms with Gasteiger partial charge in [0, 0.05) is 32.5 Å². The summed E-state index contributed by atoms with van der Waals surface area (Å²) >= 11 is 0. The second-order valence-corrected chi connectivity index (χ2v) is 7.15. The summed E-state index contributed by atoms with van der Waals surface area (Å²) in [5.41, 5.74) is 3.46. The monoisotopic (exact) mass is 390 g/mol. The lowest BCUT2D eigenvalue weighted by Gasteiger charge is -2.18. The van der Waals surface area contributed by atoms with Gasteiger partial charge in [-0.2, -0.15) is 5.10 Å². The third-order valence-corrected chi connectivity index (χ3v) is 4.95. The molecule has 8 nitrogen and oxygen atoms in total. The molecule has 2 amide bonds. The maximum atomic E-state index is 13.1. The fourth-order valence-electron chi connectivity index (χ4n) is 3.29. The van der Waals surface area contributed by atoms with Crippen molar-refractivity contribution >= 4 is 11.8 Å². The van der Waals surface area contributed by atoms with Crippen LogP contribution in [0.5, 0.6) is 0 Å². The highest BCUT2D eigenvalue weighted by Gasteiger charge is 2.26. The Balaban J connectivity index is 1.74. The number of likely N-dealkylation sites (N-methyl/N-ethyl adjacent to an activating group) is 1. The van der Waals surface area contributed by atoms with Crippen molar-refractivity contribution in [1.29, 1.82) is 0 Å². The van der Waals surface area contributed by atoms with E-state index in [0.29, 0.717) is 24.5 Å². The highest BCUT2D eigenvalue weighted by Crippen LogP contribution is 2.23. The second-order valence-electron chi connectivity index (χ2n) is 7.15. The SMILES string of the molecule is Cc1ccc(-c2cc(C(=O)N3CCCN(C)C(=O)C3)nn2-c2cccnc2)nc1. The Bertz CT molecular complexity index is 1030. The average Bonchev–Trinajstić information content (AvgIpc) is 3.11. The van der Waals surface area contributed by atoms with E-state index in [-0.39, 0.29) is 24.1 Å². The van der Waals surface area contributed by atoms with Crippen molar-refractivity contribution in [2.45, 2.75) is 13.3 Å². The highest BCUT2D eigenvalue weighted by molar-refractivity contribution is 5.96. The summed E-state index contributed by atoms with van der Waals surface area (Å²) in [6.45, 7) is 3.20. The van der Waals surface area contributed by atoms with Crippen molar-refractivity contribution in [2.75, 3.05) is 26.7 Å². The summed E-state index contributed by atoms with van der Waals surface area (Å²) in [5, 5.41) is 4.55. The normalized spacial score (nSPS) is 14.8. The number of hydrogen-bond acceptors (Lipinski definition) is 5. The molecule has 0 atom stereocenters. The van der Waals surface area contributed by atoms with Crippen molar-refractivity contribution in [2.24, 2.45) is 0 Å². The van der Waals surface area contributed by atoms with Crippen LogP contribution < -0.4 is 0 Å². The maximum absolute atomic E-state index is 13.1. The van der Waals surface area contributed by atoms with Gasteiger partial charge in [0.25, 0.3) is 5.91 Å². The van der Waals surface area contributed by atoms with Crippen LogP contribution in [0.25, 0.3) is 17.1 Å². The minimum absolute atomic E-state index is 0.0627. The molecule has 1 saturated heterocycles. The van der Waals surface area contributed by atoms with Crippen molar-refractivity contribution in [3.05, 3.63) is 60.2 Å². The molecule has 4 heterocycles. The van der Waals surface area contributed by atoms with E-state index < -0.39 is 0 Å². The van der Waals surface area contributed by atoms with Gasteiger partial charge < -0.3 is 9.80 Å². The molecule has 0 saturated carbocycles. The van der Waals surface area contributed by atoms with E-state index in [2.05, 4.69) is 15.1 Å². The Kier molecular flexibility index (Phi) is 5.07. The lowest BCUT2D eigenvalue weighted by Crippen LogP contribution is -2.38. The van der Waals surface area contributed by atoms with Gasteiger partial charge in [0.1, 0.15) is 6.54 Å². The number of aromatic nitrogens is 4. The first-order chi connectivity index (χ1) is 14.0. The smallest absolute Gasteiger partial charge is 0.274 e. The minimum Gasteiger partial charge on any atom is -0.344 e. The third kappa shape index (κ3) is 3.87. The summed E-state index contributed by atoms with van der Waals surface area (Å²) in [5.74, 6) is -0.326. The molecule has 0 radical (unpaired) electrons. The lowest BCUT2D eigenvalue weighted by atomic mass is 10.2. The second kappa shape index (κ2) is 7.83. The third-order valence-electron chi connectivity index (χ3n) is 4.95. The molecule has 29 heavy (non-hydrogen) atoms. The van der Waals surface area contributed by atoms with E-state index in [1.165, 1.54) is 0 Å². The first-order valence-electron chi connectivity index (χ1n) is 9.49. The fraction of sp³-hybridized carbons (Fsp3) is 0.286. The van der Waals surface area contributed by atoms with Gasteiger partial charge in [-0.1, -0.05) is 6.07 Å². The van der Waals surface area contributed by atoms with E-state index in [4.69, 9.17) is 0 Å². The van der Waals surface area contributed by atoms with Crippen LogP contribution in [0.4, 0.5) is 0 Å². The van der Waals surface area contributed by atoms with E-state index in [1.807, 2.05) is 31.2 Å². The molecule has 3 aromatic rings. The molecule has 148 valence electrons. The van der Waals surface area contributed by atoms with Gasteiger partial charge in [0.15, 0.2) is 5.69 Å². The Morgan fingerprint density at radius 2 is 2.00 bits per heavy atom. The lowest BCUT2D eigenvalue weighted by molar-refractivity contribution is -0.129. The summed E-state index contributed by atoms with van der Waals surface area (Å²) < 4.78 is 1.67. The summed E-state index contributed by atoms with van der Waals surface area (Å²) in [7, 11) is 1.76. The Labute approximate surface area is 168 Å². The summed E-state index contributed by atoms with van der Waals surface area (Å²) in [6.07, 6.45) is 5.88. The molecule has 4 rings (SSSR count). The van der Waals surface area contributed by atoms with Gasteiger partial charge in [0.2, 0.25) is 5.91 Å². The summed E-state index contributed by atoms with van der Waals surface area (Å²) in [4.78, 5) is 37.2. The molecule has 0 spiro atoms. The van der Waals surface area contributed by atoms with Crippen LogP contribution in [-0.2, 0) is 4.79 Å². The van der Waals surface area contributed by atoms with Crippen LogP contribution >= 0.6 is 0 Å². The van der Waals surface area contributed by atoms with E-state index in [9.17, 15) is 9.59 Å². The molecule has 1 aliphatic rings. The van der Waals surface area contributed by atoms with Crippen LogP contribution in [-0.4, -0.2) is 68.0 Å². The van der Waals surface area contributed by atoms with Gasteiger partial charge >= 0.3 is 0 Å². The minimum atomic E-state index is -0.260. The zero-order chi connectivity index (χ0) is 20.4. The predicted octanol–water partition coefficient (Wildman–Crippen LogP) is 1.94. The summed E-state index contributed by atoms with van der Waals surface area (Å²) in [6, 6.07) is 9.28. The fourth-order valence-corrected chi connectivity index (χ4v) is 3.29. The standard InChI is InChI=1S/C21H22N6O2/c1-15-6-7-17(23-12-15)19-11-18(24-27(19)16-5-3-8-22-13-16)21(29)26-10-4-9-25(2)20(28)14-26/h3,5-8,11-13H,4,9-10,14H2,1-2H3. The van der Waals surface area contributed by atoms with Crippen molar-refractivity contribution in [3.8, 4) is 17.1 Å². The quantitative estimate of drug-likeness (QED) is 0.682. The van der Waals surface area contributed by atoms with Gasteiger partial charge in [-0.15, -0.1) is 0 Å². The van der Waals surface area contributed by atoms with Crippen molar-refractivity contribution < 1.29 is 9.59 Å². The molecule has 0 N–H and O–H groups in total. The van der Waals surface area contributed by atoms with Gasteiger partial charge in [-0.25, -0.2) is 4.68 Å². The molecule has 0 unspecified atom stereocenters. The van der Waals surface area contributed by atoms with E-state index in [1.54, 1.807) is 46.2 Å². The van der Waals surface area contributed by atoms with Crippen LogP contribution in [0.3, 0.4) is 0 Å². The number of carbonyl (C=O) groups is 2. The number of pyridine rings is 2. The van der Waals surface area contributed by atoms with Gasteiger partial charge in [-0.3, -0.25) is 19.6 Å². The first kappa shape index (κ1) is 18.8. The number of nitrogens with zero attached hydrogens (tertiary/aromatic N) is 6. The van der Waals surface area contributed by atoms with Crippen LogP contribution in [0.15, 0.2) is 48.9 Å². The number of aryl methyl sites for hydroxylation is 1. The van der Waals surface area contributed by atoms with Gasteiger partial charge in [0.05, 0.1) is 23.3 Å². The maximum Gasteiger partial charge on any atom is 0.274 e. The first-order valence-corrected chi connectivity index (χ1v) is 9.49. The molecular formula is C21H22N6O2. The number of rotatable bonds is 3. The van der Waals surface area contributed by atoms with Crippen molar-refractivity contribution in [3.63, 3.8) is 0 Å². The van der Waals surface area contributed by atoms with Crippen LogP contribution in [0.1, 0.15) is 22.5 Å². The van der Waals surface area contributed by atoms with Gasteiger partial charge in [-0.05, 0) is 43.2 Å². The molecule has 0 aliphatic carbocycles. The Morgan fingerprint density at radius 1 is 1.14 bits per heavy atom. The number of carbonyl (C=O) groups excluding carboxylic acids is 2. The molecular weight excluding hydrogens is 368 g/mol. The molecule has 1 fully saturated rings. The number of hydrogen-bond donors (Lipinski definition) is 0. The highest BCUT2D eigenvalue weighted by atomic mass is 16.2. The van der Waals surface area contributed by atoms with Crippen molar-refractivity contribution in [1.82, 2.24) is 29.5 Å².